The molecule has 0 aliphatic carbocycles. The molecule has 0 aliphatic rings. The second-order valence-electron chi connectivity index (χ2n) is 3.22. The first kappa shape index (κ1) is 16.6. The second-order valence-corrected chi connectivity index (χ2v) is 4.12. The minimum absolute atomic E-state index is 0.0509. The fraction of sp³-hybridized carbons (Fsp3) is 0.800. The van der Waals surface area contributed by atoms with Gasteiger partial charge in [-0.1, -0.05) is 0 Å². The fourth-order valence-electron chi connectivity index (χ4n) is 0.994. The molecule has 0 aliphatic heterocycles. The maximum atomic E-state index is 11.2. The van der Waals surface area contributed by atoms with Crippen LogP contribution in [0.3, 0.4) is 0 Å². The maximum Gasteiger partial charge on any atom is 0.309 e. The van der Waals surface area contributed by atoms with E-state index < -0.39 is 18.2 Å². The summed E-state index contributed by atoms with van der Waals surface area (Å²) < 4.78 is 9.89. The van der Waals surface area contributed by atoms with E-state index in [0.29, 0.717) is 17.9 Å². The number of rotatable bonds is 9. The topological polar surface area (TPSA) is 72.8 Å². The van der Waals surface area contributed by atoms with Crippen LogP contribution in [-0.4, -0.2) is 41.4 Å². The van der Waals surface area contributed by atoms with E-state index in [1.165, 1.54) is 0 Å². The number of carbonyl (C=O) groups is 2. The van der Waals surface area contributed by atoms with E-state index in [9.17, 15) is 9.59 Å². The monoisotopic (exact) mass is 282 g/mol. The molecule has 0 saturated carbocycles. The lowest BCUT2D eigenvalue weighted by Gasteiger charge is -2.17. The van der Waals surface area contributed by atoms with E-state index in [1.807, 2.05) is 0 Å². The van der Waals surface area contributed by atoms with Crippen LogP contribution in [0, 0.1) is 0 Å². The van der Waals surface area contributed by atoms with Gasteiger partial charge in [0, 0.05) is 24.5 Å². The molecule has 7 heteroatoms. The van der Waals surface area contributed by atoms with Crippen molar-refractivity contribution in [3.8, 4) is 0 Å². The summed E-state index contributed by atoms with van der Waals surface area (Å²) in [6, 6.07) is 0. The Morgan fingerprint density at radius 3 is 1.88 bits per heavy atom. The van der Waals surface area contributed by atoms with Crippen molar-refractivity contribution in [3.63, 3.8) is 0 Å². The van der Waals surface area contributed by atoms with Crippen molar-refractivity contribution < 1.29 is 24.2 Å². The molecule has 100 valence electrons. The summed E-state index contributed by atoms with van der Waals surface area (Å²) in [4.78, 5) is 22.4. The van der Waals surface area contributed by atoms with Crippen molar-refractivity contribution in [2.75, 3.05) is 18.1 Å². The van der Waals surface area contributed by atoms with Crippen LogP contribution in [0.15, 0.2) is 0 Å². The van der Waals surface area contributed by atoms with Gasteiger partial charge in [-0.25, -0.2) is 0 Å². The van der Waals surface area contributed by atoms with Gasteiger partial charge in [-0.05, 0) is 6.42 Å². The molecule has 17 heavy (non-hydrogen) atoms. The Morgan fingerprint density at radius 2 is 1.53 bits per heavy atom. The zero-order chi connectivity index (χ0) is 13.1. The molecule has 1 N–H and O–H groups in total. The molecular weight excluding hydrogens is 264 g/mol. The van der Waals surface area contributed by atoms with Gasteiger partial charge in [-0.3, -0.25) is 9.59 Å². The van der Waals surface area contributed by atoms with Crippen LogP contribution >= 0.6 is 25.3 Å². The highest BCUT2D eigenvalue weighted by atomic mass is 32.1. The van der Waals surface area contributed by atoms with Crippen LogP contribution < -0.4 is 0 Å². The Labute approximate surface area is 112 Å². The summed E-state index contributed by atoms with van der Waals surface area (Å²) in [5, 5.41) is 8.68. The van der Waals surface area contributed by atoms with Gasteiger partial charge < -0.3 is 14.6 Å². The van der Waals surface area contributed by atoms with Crippen LogP contribution in [-0.2, 0) is 19.1 Å². The molecule has 0 saturated heterocycles. The number of esters is 2. The van der Waals surface area contributed by atoms with Crippen molar-refractivity contribution >= 4 is 37.2 Å². The van der Waals surface area contributed by atoms with Crippen LogP contribution in [0.25, 0.3) is 0 Å². The summed E-state index contributed by atoms with van der Waals surface area (Å²) in [5.41, 5.74) is 0. The zero-order valence-corrected chi connectivity index (χ0v) is 11.3. The van der Waals surface area contributed by atoms with E-state index in [-0.39, 0.29) is 25.9 Å². The first-order chi connectivity index (χ1) is 8.13. The van der Waals surface area contributed by atoms with Gasteiger partial charge in [-0.15, -0.1) is 0 Å². The van der Waals surface area contributed by atoms with Crippen molar-refractivity contribution in [2.24, 2.45) is 0 Å². The van der Waals surface area contributed by atoms with Gasteiger partial charge in [0.05, 0.1) is 12.8 Å². The molecule has 0 fully saturated rings. The lowest BCUT2D eigenvalue weighted by atomic mass is 10.3. The van der Waals surface area contributed by atoms with E-state index in [0.717, 1.165) is 0 Å². The van der Waals surface area contributed by atoms with Gasteiger partial charge in [0.2, 0.25) is 6.29 Å². The highest BCUT2D eigenvalue weighted by Gasteiger charge is 2.17. The largest absolute Gasteiger partial charge is 0.425 e. The number of aliphatic hydroxyl groups is 1. The highest BCUT2D eigenvalue weighted by Crippen LogP contribution is 2.08. The summed E-state index contributed by atoms with van der Waals surface area (Å²) in [7, 11) is 0. The minimum Gasteiger partial charge on any atom is -0.425 e. The SMILES string of the molecule is O=C(CCS)OC(CCCO)OC(=O)CCS. The van der Waals surface area contributed by atoms with Crippen molar-refractivity contribution in [3.05, 3.63) is 0 Å². The molecular formula is C10H18O5S2. The van der Waals surface area contributed by atoms with Crippen molar-refractivity contribution in [2.45, 2.75) is 32.0 Å². The Morgan fingerprint density at radius 1 is 1.06 bits per heavy atom. The number of hydrogen-bond acceptors (Lipinski definition) is 7. The Bertz CT molecular complexity index is 215. The van der Waals surface area contributed by atoms with Gasteiger partial charge in [-0.2, -0.15) is 25.3 Å². The third-order valence-corrected chi connectivity index (χ3v) is 2.20. The fourth-order valence-corrected chi connectivity index (χ4v) is 1.36. The first-order valence-corrected chi connectivity index (χ1v) is 6.62. The summed E-state index contributed by atoms with van der Waals surface area (Å²) in [5.74, 6) is -0.199. The van der Waals surface area contributed by atoms with E-state index in [2.05, 4.69) is 25.3 Å². The summed E-state index contributed by atoms with van der Waals surface area (Å²) in [6.07, 6.45) is 0.0631. The normalized spacial score (nSPS) is 10.4. The predicted octanol–water partition coefficient (Wildman–Crippen LogP) is 0.811. The Balaban J connectivity index is 4.12. The third-order valence-electron chi connectivity index (χ3n) is 1.76. The quantitative estimate of drug-likeness (QED) is 0.332. The first-order valence-electron chi connectivity index (χ1n) is 5.35. The lowest BCUT2D eigenvalue weighted by molar-refractivity contribution is -0.188. The second kappa shape index (κ2) is 10.7. The molecule has 0 rings (SSSR count). The molecule has 0 atom stereocenters. The molecule has 0 spiro atoms. The molecule has 0 heterocycles. The number of thiol groups is 2. The number of hydrogen-bond donors (Lipinski definition) is 3. The molecule has 0 unspecified atom stereocenters. The van der Waals surface area contributed by atoms with Crippen molar-refractivity contribution in [1.82, 2.24) is 0 Å². The standard InChI is InChI=1S/C10H18O5S2/c11-5-1-2-10(14-8(12)3-6-16)15-9(13)4-7-17/h10-11,16-17H,1-7H2. The van der Waals surface area contributed by atoms with E-state index in [1.54, 1.807) is 0 Å². The van der Waals surface area contributed by atoms with Crippen LogP contribution in [0.1, 0.15) is 25.7 Å². The van der Waals surface area contributed by atoms with Gasteiger partial charge in [0.15, 0.2) is 0 Å². The Kier molecular flexibility index (Phi) is 10.5. The number of carbonyl (C=O) groups excluding carboxylic acids is 2. The summed E-state index contributed by atoms with van der Waals surface area (Å²) >= 11 is 7.80. The van der Waals surface area contributed by atoms with Crippen molar-refractivity contribution in [1.29, 1.82) is 0 Å². The smallest absolute Gasteiger partial charge is 0.309 e. The molecule has 0 aromatic rings. The molecule has 0 amide bonds. The van der Waals surface area contributed by atoms with E-state index in [4.69, 9.17) is 14.6 Å². The molecule has 0 radical (unpaired) electrons. The molecule has 0 aromatic carbocycles. The lowest BCUT2D eigenvalue weighted by Crippen LogP contribution is -2.25. The summed E-state index contributed by atoms with van der Waals surface area (Å²) in [6.45, 7) is -0.0509. The number of aliphatic hydroxyl groups excluding tert-OH is 1. The van der Waals surface area contributed by atoms with Crippen LogP contribution in [0.5, 0.6) is 0 Å². The molecule has 5 nitrogen and oxygen atoms in total. The van der Waals surface area contributed by atoms with Gasteiger partial charge in [0.25, 0.3) is 0 Å². The average Bonchev–Trinajstić information content (AvgIpc) is 2.26. The number of ether oxygens (including phenoxy) is 2. The predicted molar refractivity (Wildman–Crippen MR) is 69.2 cm³/mol. The van der Waals surface area contributed by atoms with E-state index >= 15 is 0 Å². The third kappa shape index (κ3) is 9.31. The van der Waals surface area contributed by atoms with Gasteiger partial charge in [0.1, 0.15) is 0 Å². The average molecular weight is 282 g/mol. The maximum absolute atomic E-state index is 11.2. The highest BCUT2D eigenvalue weighted by molar-refractivity contribution is 7.80. The Hall–Kier alpha value is -0.400. The van der Waals surface area contributed by atoms with Gasteiger partial charge >= 0.3 is 11.9 Å². The van der Waals surface area contributed by atoms with Crippen LogP contribution in [0.4, 0.5) is 0 Å². The molecule has 0 aromatic heterocycles. The molecule has 0 bridgehead atoms. The zero-order valence-electron chi connectivity index (χ0n) is 9.50. The van der Waals surface area contributed by atoms with Crippen LogP contribution in [0.2, 0.25) is 0 Å². The minimum atomic E-state index is -0.929.